The van der Waals surface area contributed by atoms with E-state index in [1.54, 1.807) is 18.0 Å². The number of carbonyl (C=O) groups is 1. The van der Waals surface area contributed by atoms with Crippen LogP contribution in [0.3, 0.4) is 0 Å². The molecule has 1 amide bonds. The van der Waals surface area contributed by atoms with Crippen LogP contribution in [0.4, 0.5) is 0 Å². The Labute approximate surface area is 134 Å². The molecule has 0 aliphatic carbocycles. The number of rotatable bonds is 7. The number of hydrogen-bond acceptors (Lipinski definition) is 4. The summed E-state index contributed by atoms with van der Waals surface area (Å²) in [4.78, 5) is 12.2. The molecule has 0 aliphatic rings. The first-order valence-corrected chi connectivity index (χ1v) is 8.43. The summed E-state index contributed by atoms with van der Waals surface area (Å²) in [6.45, 7) is 2.64. The molecule has 0 saturated carbocycles. The largest absolute Gasteiger partial charge is 0.395 e. The molecule has 1 heterocycles. The maximum atomic E-state index is 12.2. The normalized spacial score (nSPS) is 13.6. The van der Waals surface area contributed by atoms with Crippen LogP contribution < -0.4 is 5.32 Å². The van der Waals surface area contributed by atoms with E-state index in [-0.39, 0.29) is 23.8 Å². The third-order valence-electron chi connectivity index (χ3n) is 3.52. The van der Waals surface area contributed by atoms with Gasteiger partial charge in [-0.3, -0.25) is 9.48 Å². The lowest BCUT2D eigenvalue weighted by Gasteiger charge is -2.21. The molecule has 1 aromatic heterocycles. The van der Waals surface area contributed by atoms with E-state index in [2.05, 4.69) is 10.4 Å². The van der Waals surface area contributed by atoms with E-state index < -0.39 is 0 Å². The maximum Gasteiger partial charge on any atom is 0.251 e. The molecule has 22 heavy (non-hydrogen) atoms. The summed E-state index contributed by atoms with van der Waals surface area (Å²) in [6.07, 6.45) is 5.57. The third kappa shape index (κ3) is 4.35. The van der Waals surface area contributed by atoms with Gasteiger partial charge >= 0.3 is 0 Å². The lowest BCUT2D eigenvalue weighted by molar-refractivity contribution is 0.0936. The minimum absolute atomic E-state index is 0.00281. The van der Waals surface area contributed by atoms with Gasteiger partial charge < -0.3 is 10.4 Å². The molecule has 2 atom stereocenters. The van der Waals surface area contributed by atoms with E-state index >= 15 is 0 Å². The van der Waals surface area contributed by atoms with Gasteiger partial charge in [0.05, 0.1) is 13.2 Å². The van der Waals surface area contributed by atoms with Crippen LogP contribution in [0, 0.1) is 0 Å². The first-order chi connectivity index (χ1) is 10.6. The van der Waals surface area contributed by atoms with Crippen LogP contribution in [0.1, 0.15) is 22.8 Å². The SMILES string of the molecule is CSC(CO)C(C)NC(=O)c1ccc(Cn2cccn2)cc1. The number of amides is 1. The molecule has 0 bridgehead atoms. The molecule has 0 fully saturated rings. The zero-order valence-electron chi connectivity index (χ0n) is 12.8. The van der Waals surface area contributed by atoms with Gasteiger partial charge in [0.1, 0.15) is 0 Å². The van der Waals surface area contributed by atoms with Crippen molar-refractivity contribution in [2.45, 2.75) is 24.8 Å². The van der Waals surface area contributed by atoms with Crippen LogP contribution in [0.5, 0.6) is 0 Å². The predicted molar refractivity (Wildman–Crippen MR) is 89.1 cm³/mol. The van der Waals surface area contributed by atoms with Crippen LogP contribution in [0.25, 0.3) is 0 Å². The number of aromatic nitrogens is 2. The summed E-state index contributed by atoms with van der Waals surface area (Å²) >= 11 is 1.55. The number of nitrogens with one attached hydrogen (secondary N) is 1. The minimum atomic E-state index is -0.120. The Morgan fingerprint density at radius 2 is 2.14 bits per heavy atom. The van der Waals surface area contributed by atoms with Gasteiger partial charge in [0.25, 0.3) is 5.91 Å². The molecule has 0 spiro atoms. The van der Waals surface area contributed by atoms with E-state index in [4.69, 9.17) is 0 Å². The van der Waals surface area contributed by atoms with Gasteiger partial charge in [0.15, 0.2) is 0 Å². The van der Waals surface area contributed by atoms with Gasteiger partial charge in [-0.1, -0.05) is 12.1 Å². The van der Waals surface area contributed by atoms with E-state index in [0.29, 0.717) is 12.1 Å². The molecular weight excluding hydrogens is 298 g/mol. The highest BCUT2D eigenvalue weighted by Crippen LogP contribution is 2.12. The van der Waals surface area contributed by atoms with Crippen molar-refractivity contribution in [3.05, 3.63) is 53.9 Å². The Kier molecular flexibility index (Phi) is 6.03. The summed E-state index contributed by atoms with van der Waals surface area (Å²) in [7, 11) is 0. The van der Waals surface area contributed by atoms with Gasteiger partial charge in [0, 0.05) is 29.2 Å². The molecule has 2 unspecified atom stereocenters. The lowest BCUT2D eigenvalue weighted by Crippen LogP contribution is -2.41. The summed E-state index contributed by atoms with van der Waals surface area (Å²) in [5, 5.41) is 16.3. The van der Waals surface area contributed by atoms with Crippen molar-refractivity contribution in [2.75, 3.05) is 12.9 Å². The first kappa shape index (κ1) is 16.6. The van der Waals surface area contributed by atoms with E-state index in [1.807, 2.05) is 54.4 Å². The Bertz CT molecular complexity index is 580. The highest BCUT2D eigenvalue weighted by molar-refractivity contribution is 7.99. The van der Waals surface area contributed by atoms with Crippen LogP contribution in [-0.4, -0.2) is 44.9 Å². The summed E-state index contributed by atoms with van der Waals surface area (Å²) < 4.78 is 1.83. The molecule has 5 nitrogen and oxygen atoms in total. The fourth-order valence-electron chi connectivity index (χ4n) is 2.16. The average Bonchev–Trinajstić information content (AvgIpc) is 3.02. The number of aliphatic hydroxyl groups excluding tert-OH is 1. The van der Waals surface area contributed by atoms with Crippen molar-refractivity contribution in [3.63, 3.8) is 0 Å². The second kappa shape index (κ2) is 8.00. The van der Waals surface area contributed by atoms with Crippen LogP contribution in [-0.2, 0) is 6.54 Å². The van der Waals surface area contributed by atoms with Gasteiger partial charge in [-0.2, -0.15) is 16.9 Å². The molecule has 0 radical (unpaired) electrons. The molecule has 118 valence electrons. The monoisotopic (exact) mass is 319 g/mol. The molecule has 6 heteroatoms. The number of carbonyl (C=O) groups excluding carboxylic acids is 1. The number of hydrogen-bond donors (Lipinski definition) is 2. The number of aliphatic hydroxyl groups is 1. The van der Waals surface area contributed by atoms with Crippen molar-refractivity contribution >= 4 is 17.7 Å². The van der Waals surface area contributed by atoms with Crippen LogP contribution in [0.15, 0.2) is 42.7 Å². The maximum absolute atomic E-state index is 12.2. The minimum Gasteiger partial charge on any atom is -0.395 e. The highest BCUT2D eigenvalue weighted by atomic mass is 32.2. The van der Waals surface area contributed by atoms with Gasteiger partial charge in [-0.25, -0.2) is 0 Å². The van der Waals surface area contributed by atoms with Crippen LogP contribution in [0.2, 0.25) is 0 Å². The van der Waals surface area contributed by atoms with Crippen LogP contribution >= 0.6 is 11.8 Å². The zero-order chi connectivity index (χ0) is 15.9. The van der Waals surface area contributed by atoms with Crippen molar-refractivity contribution in [1.29, 1.82) is 0 Å². The average molecular weight is 319 g/mol. The molecule has 2 N–H and O–H groups in total. The van der Waals surface area contributed by atoms with Crippen molar-refractivity contribution in [1.82, 2.24) is 15.1 Å². The molecule has 0 saturated heterocycles. The first-order valence-electron chi connectivity index (χ1n) is 7.15. The van der Waals surface area contributed by atoms with E-state index in [1.165, 1.54) is 0 Å². The van der Waals surface area contributed by atoms with Crippen molar-refractivity contribution in [2.24, 2.45) is 0 Å². The second-order valence-electron chi connectivity index (χ2n) is 5.12. The van der Waals surface area contributed by atoms with Crippen molar-refractivity contribution in [3.8, 4) is 0 Å². The second-order valence-corrected chi connectivity index (χ2v) is 6.20. The number of thioether (sulfide) groups is 1. The van der Waals surface area contributed by atoms with Crippen molar-refractivity contribution < 1.29 is 9.90 Å². The number of nitrogens with zero attached hydrogens (tertiary/aromatic N) is 2. The van der Waals surface area contributed by atoms with Gasteiger partial charge in [-0.15, -0.1) is 0 Å². The Morgan fingerprint density at radius 3 is 2.68 bits per heavy atom. The van der Waals surface area contributed by atoms with Gasteiger partial charge in [-0.05, 0) is 36.9 Å². The standard InChI is InChI=1S/C16H21N3O2S/c1-12(15(11-20)22-2)18-16(21)14-6-4-13(5-7-14)10-19-9-3-8-17-19/h3-9,12,15,20H,10-11H2,1-2H3,(H,18,21). The Hall–Kier alpha value is -1.79. The van der Waals surface area contributed by atoms with E-state index in [0.717, 1.165) is 5.56 Å². The smallest absolute Gasteiger partial charge is 0.251 e. The fraction of sp³-hybridized carbons (Fsp3) is 0.375. The Balaban J connectivity index is 1.96. The summed E-state index contributed by atoms with van der Waals surface area (Å²) in [6, 6.07) is 9.28. The molecule has 0 aliphatic heterocycles. The molecule has 2 rings (SSSR count). The highest BCUT2D eigenvalue weighted by Gasteiger charge is 2.18. The summed E-state index contributed by atoms with van der Waals surface area (Å²) in [5.74, 6) is -0.120. The van der Waals surface area contributed by atoms with E-state index in [9.17, 15) is 9.90 Å². The van der Waals surface area contributed by atoms with Gasteiger partial charge in [0.2, 0.25) is 0 Å². The number of benzene rings is 1. The zero-order valence-corrected chi connectivity index (χ0v) is 13.6. The Morgan fingerprint density at radius 1 is 1.41 bits per heavy atom. The fourth-order valence-corrected chi connectivity index (χ4v) is 2.79. The third-order valence-corrected chi connectivity index (χ3v) is 4.68. The molecule has 1 aromatic carbocycles. The topological polar surface area (TPSA) is 67.2 Å². The molecular formula is C16H21N3O2S. The quantitative estimate of drug-likeness (QED) is 0.816. The predicted octanol–water partition coefficient (Wildman–Crippen LogP) is 1.77. The summed E-state index contributed by atoms with van der Waals surface area (Å²) in [5.41, 5.74) is 1.71. The lowest BCUT2D eigenvalue weighted by atomic mass is 10.1. The molecule has 2 aromatic rings.